The van der Waals surface area contributed by atoms with Crippen molar-refractivity contribution in [3.05, 3.63) is 84.7 Å². The van der Waals surface area contributed by atoms with Crippen LogP contribution in [0, 0.1) is 0 Å². The Morgan fingerprint density at radius 3 is 2.57 bits per heavy atom. The van der Waals surface area contributed by atoms with Crippen LogP contribution in [-0.2, 0) is 11.3 Å². The highest BCUT2D eigenvalue weighted by atomic mass is 32.2. The molecule has 1 unspecified atom stereocenters. The third-order valence-corrected chi connectivity index (χ3v) is 6.59. The van der Waals surface area contributed by atoms with E-state index in [0.717, 1.165) is 22.7 Å². The average molecular weight is 488 g/mol. The van der Waals surface area contributed by atoms with Gasteiger partial charge in [-0.2, -0.15) is 0 Å². The van der Waals surface area contributed by atoms with E-state index in [-0.39, 0.29) is 17.8 Å². The molecule has 1 atom stereocenters. The van der Waals surface area contributed by atoms with Crippen LogP contribution in [0.15, 0.2) is 84.3 Å². The molecule has 0 aliphatic carbocycles. The molecule has 0 bridgehead atoms. The van der Waals surface area contributed by atoms with Crippen molar-refractivity contribution in [2.45, 2.75) is 17.8 Å². The van der Waals surface area contributed by atoms with Crippen LogP contribution in [0.2, 0.25) is 0 Å². The van der Waals surface area contributed by atoms with Crippen LogP contribution in [0.25, 0.3) is 11.4 Å². The molecule has 1 aliphatic rings. The van der Waals surface area contributed by atoms with E-state index in [1.807, 2.05) is 59.2 Å². The van der Waals surface area contributed by atoms with Crippen molar-refractivity contribution in [3.63, 3.8) is 0 Å². The summed E-state index contributed by atoms with van der Waals surface area (Å²) >= 11 is 1.38. The van der Waals surface area contributed by atoms with E-state index in [9.17, 15) is 4.79 Å². The largest absolute Gasteiger partial charge is 0.486 e. The van der Waals surface area contributed by atoms with Crippen molar-refractivity contribution in [1.82, 2.24) is 24.6 Å². The number of hydrogen-bond acceptors (Lipinski definition) is 7. The number of aromatic nitrogens is 4. The highest BCUT2D eigenvalue weighted by molar-refractivity contribution is 7.99. The maximum atomic E-state index is 12.9. The first-order chi connectivity index (χ1) is 17.2. The van der Waals surface area contributed by atoms with Crippen molar-refractivity contribution in [2.24, 2.45) is 0 Å². The second kappa shape index (κ2) is 10.6. The molecule has 178 valence electrons. The van der Waals surface area contributed by atoms with Gasteiger partial charge in [-0.3, -0.25) is 14.3 Å². The van der Waals surface area contributed by atoms with Gasteiger partial charge >= 0.3 is 0 Å². The molecule has 2 aromatic heterocycles. The average Bonchev–Trinajstić information content (AvgIpc) is 3.30. The van der Waals surface area contributed by atoms with E-state index >= 15 is 0 Å². The number of carbonyl (C=O) groups excluding carboxylic acids is 1. The number of fused-ring (bicyclic) bond motifs is 1. The van der Waals surface area contributed by atoms with E-state index < -0.39 is 0 Å². The Labute approximate surface area is 207 Å². The summed E-state index contributed by atoms with van der Waals surface area (Å²) in [5, 5.41) is 9.51. The topological polar surface area (TPSA) is 82.4 Å². The number of rotatable bonds is 8. The first-order valence-corrected chi connectivity index (χ1v) is 12.3. The number of ether oxygens (including phenoxy) is 2. The van der Waals surface area contributed by atoms with Gasteiger partial charge in [0.15, 0.2) is 28.6 Å². The Balaban J connectivity index is 1.26. The Bertz CT molecular complexity index is 1280. The zero-order valence-corrected chi connectivity index (χ0v) is 20.1. The monoisotopic (exact) mass is 487 g/mol. The van der Waals surface area contributed by atoms with Crippen LogP contribution in [0.3, 0.4) is 0 Å². The molecule has 4 aromatic rings. The number of thioether (sulfide) groups is 1. The highest BCUT2D eigenvalue weighted by Gasteiger charge is 2.24. The molecule has 0 saturated carbocycles. The van der Waals surface area contributed by atoms with Gasteiger partial charge in [-0.05, 0) is 29.8 Å². The van der Waals surface area contributed by atoms with Crippen LogP contribution >= 0.6 is 11.8 Å². The number of hydrogen-bond donors (Lipinski definition) is 0. The van der Waals surface area contributed by atoms with Crippen LogP contribution in [-0.4, -0.2) is 62.6 Å². The summed E-state index contributed by atoms with van der Waals surface area (Å²) in [6.07, 6.45) is 3.25. The van der Waals surface area contributed by atoms with Crippen LogP contribution < -0.4 is 9.47 Å². The molecule has 8 nitrogen and oxygen atoms in total. The van der Waals surface area contributed by atoms with Gasteiger partial charge in [-0.25, -0.2) is 0 Å². The first kappa shape index (κ1) is 22.9. The fourth-order valence-electron chi connectivity index (χ4n) is 3.82. The van der Waals surface area contributed by atoms with Crippen LogP contribution in [0.4, 0.5) is 0 Å². The van der Waals surface area contributed by atoms with E-state index in [1.54, 1.807) is 24.3 Å². The van der Waals surface area contributed by atoms with E-state index in [0.29, 0.717) is 30.6 Å². The predicted molar refractivity (Wildman–Crippen MR) is 134 cm³/mol. The van der Waals surface area contributed by atoms with Crippen molar-refractivity contribution in [1.29, 1.82) is 0 Å². The van der Waals surface area contributed by atoms with E-state index in [4.69, 9.17) is 9.47 Å². The number of pyridine rings is 1. The molecule has 1 aliphatic heterocycles. The molecule has 1 amide bonds. The molecular formula is C26H25N5O3S. The van der Waals surface area contributed by atoms with Crippen molar-refractivity contribution < 1.29 is 14.3 Å². The number of nitrogens with zero attached hydrogens (tertiary/aromatic N) is 5. The van der Waals surface area contributed by atoms with Crippen LogP contribution in [0.5, 0.6) is 11.5 Å². The Kier molecular flexibility index (Phi) is 6.94. The van der Waals surface area contributed by atoms with Crippen molar-refractivity contribution >= 4 is 17.7 Å². The van der Waals surface area contributed by atoms with Crippen molar-refractivity contribution in [3.8, 4) is 22.9 Å². The number of carbonyl (C=O) groups is 1. The van der Waals surface area contributed by atoms with Crippen molar-refractivity contribution in [2.75, 3.05) is 26.0 Å². The zero-order valence-electron chi connectivity index (χ0n) is 19.3. The molecule has 0 spiro atoms. The van der Waals surface area contributed by atoms with Gasteiger partial charge in [-0.15, -0.1) is 10.2 Å². The normalized spacial score (nSPS) is 14.5. The maximum absolute atomic E-state index is 12.9. The van der Waals surface area contributed by atoms with Gasteiger partial charge in [0.2, 0.25) is 5.91 Å². The van der Waals surface area contributed by atoms with Gasteiger partial charge in [-0.1, -0.05) is 54.2 Å². The molecule has 0 N–H and O–H groups in total. The lowest BCUT2D eigenvalue weighted by molar-refractivity contribution is -0.128. The molecule has 0 radical (unpaired) electrons. The third kappa shape index (κ3) is 5.46. The second-order valence-corrected chi connectivity index (χ2v) is 9.12. The molecule has 0 fully saturated rings. The minimum atomic E-state index is -0.219. The third-order valence-electron chi connectivity index (χ3n) is 5.63. The quantitative estimate of drug-likeness (QED) is 0.350. The molecule has 3 heterocycles. The predicted octanol–water partition coefficient (Wildman–Crippen LogP) is 3.78. The van der Waals surface area contributed by atoms with Gasteiger partial charge < -0.3 is 14.4 Å². The van der Waals surface area contributed by atoms with E-state index in [2.05, 4.69) is 27.3 Å². The molecule has 5 rings (SSSR count). The van der Waals surface area contributed by atoms with E-state index in [1.165, 1.54) is 11.8 Å². The molecule has 0 saturated heterocycles. The SMILES string of the molecule is CN(CC1COc2ccccc2O1)C(=O)CSc1nnc(-c2ccncc2)n1Cc1ccccc1. The standard InChI is InChI=1S/C26H25N5O3S/c1-30(16-21-17-33-22-9-5-6-10-23(22)34-21)24(32)18-35-26-29-28-25(20-11-13-27-14-12-20)31(26)15-19-7-3-2-4-8-19/h2-14,21H,15-18H2,1H3. The minimum absolute atomic E-state index is 0.0165. The first-order valence-electron chi connectivity index (χ1n) is 11.3. The molecule has 35 heavy (non-hydrogen) atoms. The molecular weight excluding hydrogens is 462 g/mol. The highest BCUT2D eigenvalue weighted by Crippen LogP contribution is 2.31. The Hall–Kier alpha value is -3.85. The smallest absolute Gasteiger partial charge is 0.232 e. The lowest BCUT2D eigenvalue weighted by atomic mass is 10.2. The van der Waals surface area contributed by atoms with Gasteiger partial charge in [0, 0.05) is 25.0 Å². The lowest BCUT2D eigenvalue weighted by Crippen LogP contribution is -2.42. The zero-order chi connectivity index (χ0) is 24.0. The Morgan fingerprint density at radius 2 is 1.77 bits per heavy atom. The summed E-state index contributed by atoms with van der Waals surface area (Å²) in [7, 11) is 1.78. The Morgan fingerprint density at radius 1 is 1.03 bits per heavy atom. The molecule has 2 aromatic carbocycles. The second-order valence-electron chi connectivity index (χ2n) is 8.17. The summed E-state index contributed by atoms with van der Waals surface area (Å²) < 4.78 is 13.8. The number of amides is 1. The fraction of sp³-hybridized carbons (Fsp3) is 0.231. The van der Waals surface area contributed by atoms with Crippen LogP contribution in [0.1, 0.15) is 5.56 Å². The lowest BCUT2D eigenvalue weighted by Gasteiger charge is -2.29. The molecule has 9 heteroatoms. The van der Waals surface area contributed by atoms with Gasteiger partial charge in [0.05, 0.1) is 18.8 Å². The van der Waals surface area contributed by atoms with Gasteiger partial charge in [0.25, 0.3) is 0 Å². The number of benzene rings is 2. The number of para-hydroxylation sites is 2. The maximum Gasteiger partial charge on any atom is 0.232 e. The fourth-order valence-corrected chi connectivity index (χ4v) is 4.69. The summed E-state index contributed by atoms with van der Waals surface area (Å²) in [5.41, 5.74) is 2.05. The van der Waals surface area contributed by atoms with Gasteiger partial charge in [0.1, 0.15) is 6.61 Å². The number of likely N-dealkylation sites (N-methyl/N-ethyl adjacent to an activating group) is 1. The summed E-state index contributed by atoms with van der Waals surface area (Å²) in [5.74, 6) is 2.40. The minimum Gasteiger partial charge on any atom is -0.486 e. The summed E-state index contributed by atoms with van der Waals surface area (Å²) in [4.78, 5) is 18.7. The summed E-state index contributed by atoms with van der Waals surface area (Å²) in [6.45, 7) is 1.44. The summed E-state index contributed by atoms with van der Waals surface area (Å²) in [6, 6.07) is 21.5.